The lowest BCUT2D eigenvalue weighted by Crippen LogP contribution is -2.34. The van der Waals surface area contributed by atoms with Crippen LogP contribution in [0.1, 0.15) is 37.8 Å². The first kappa shape index (κ1) is 20.3. The molecular weight excluding hydrogens is 385 g/mol. The second-order valence-electron chi connectivity index (χ2n) is 7.74. The van der Waals surface area contributed by atoms with Gasteiger partial charge in [0.1, 0.15) is 11.6 Å². The maximum Gasteiger partial charge on any atom is 0.221 e. The number of hydrogen-bond acceptors (Lipinski definition) is 5. The molecule has 7 heteroatoms. The molecule has 30 heavy (non-hydrogen) atoms. The third kappa shape index (κ3) is 4.97. The molecule has 0 unspecified atom stereocenters. The molecule has 4 rings (SSSR count). The van der Waals surface area contributed by atoms with E-state index < -0.39 is 0 Å². The highest BCUT2D eigenvalue weighted by molar-refractivity contribution is 5.88. The largest absolute Gasteiger partial charge is 0.493 e. The number of halogens is 1. The Kier molecular flexibility index (Phi) is 6.28. The summed E-state index contributed by atoms with van der Waals surface area (Å²) in [4.78, 5) is 13.6. The molecule has 0 radical (unpaired) electrons. The summed E-state index contributed by atoms with van der Waals surface area (Å²) in [6.07, 6.45) is 2.96. The van der Waals surface area contributed by atoms with Crippen LogP contribution in [-0.2, 0) is 4.79 Å². The van der Waals surface area contributed by atoms with Gasteiger partial charge in [0.25, 0.3) is 0 Å². The number of nitrogens with one attached hydrogen (secondary N) is 1. The van der Waals surface area contributed by atoms with Crippen molar-refractivity contribution in [2.75, 3.05) is 31.6 Å². The van der Waals surface area contributed by atoms with E-state index in [1.165, 1.54) is 19.1 Å². The molecule has 1 saturated heterocycles. The van der Waals surface area contributed by atoms with Gasteiger partial charge in [-0.15, -0.1) is 0 Å². The van der Waals surface area contributed by atoms with Crippen LogP contribution in [0.3, 0.4) is 0 Å². The summed E-state index contributed by atoms with van der Waals surface area (Å²) >= 11 is 0. The lowest BCUT2D eigenvalue weighted by Gasteiger charge is -2.31. The zero-order chi connectivity index (χ0) is 20.9. The van der Waals surface area contributed by atoms with Crippen molar-refractivity contribution in [3.8, 4) is 5.75 Å². The number of rotatable bonds is 7. The molecule has 1 aliphatic rings. The van der Waals surface area contributed by atoms with Crippen LogP contribution in [0.2, 0.25) is 0 Å². The first-order chi connectivity index (χ1) is 14.6. The SMILES string of the molecule is CC(=O)Nc1cccc(OCCCN2CCC(c3noc4cc(F)ccc34)CC2)c1. The first-order valence-corrected chi connectivity index (χ1v) is 10.4. The number of amides is 1. The normalized spacial score (nSPS) is 15.4. The van der Waals surface area contributed by atoms with E-state index in [4.69, 9.17) is 9.26 Å². The average Bonchev–Trinajstić information content (AvgIpc) is 3.14. The second kappa shape index (κ2) is 9.26. The fourth-order valence-corrected chi connectivity index (χ4v) is 4.00. The van der Waals surface area contributed by atoms with Gasteiger partial charge in [0.2, 0.25) is 5.91 Å². The topological polar surface area (TPSA) is 67.6 Å². The Morgan fingerprint density at radius 2 is 2.10 bits per heavy atom. The zero-order valence-electron chi connectivity index (χ0n) is 17.1. The standard InChI is InChI=1S/C23H26FN3O3/c1-16(28)25-19-4-2-5-20(15-19)29-13-3-10-27-11-8-17(9-12-27)23-21-7-6-18(24)14-22(21)30-26-23/h2,4-7,14-15,17H,3,8-13H2,1H3,(H,25,28). The van der Waals surface area contributed by atoms with Gasteiger partial charge < -0.3 is 19.5 Å². The molecule has 1 fully saturated rings. The Labute approximate surface area is 175 Å². The van der Waals surface area contributed by atoms with Gasteiger partial charge in [-0.2, -0.15) is 0 Å². The van der Waals surface area contributed by atoms with E-state index in [2.05, 4.69) is 15.4 Å². The molecule has 0 saturated carbocycles. The first-order valence-electron chi connectivity index (χ1n) is 10.4. The minimum atomic E-state index is -0.302. The number of benzene rings is 2. The highest BCUT2D eigenvalue weighted by atomic mass is 19.1. The molecule has 0 aliphatic carbocycles. The van der Waals surface area contributed by atoms with Crippen molar-refractivity contribution in [1.82, 2.24) is 10.1 Å². The number of anilines is 1. The number of piperidine rings is 1. The quantitative estimate of drug-likeness (QED) is 0.577. The number of nitrogens with zero attached hydrogens (tertiary/aromatic N) is 2. The van der Waals surface area contributed by atoms with E-state index in [9.17, 15) is 9.18 Å². The van der Waals surface area contributed by atoms with Crippen molar-refractivity contribution in [2.45, 2.75) is 32.1 Å². The number of ether oxygens (including phenoxy) is 1. The van der Waals surface area contributed by atoms with Crippen LogP contribution in [0.5, 0.6) is 5.75 Å². The van der Waals surface area contributed by atoms with Gasteiger partial charge in [-0.25, -0.2) is 4.39 Å². The fraction of sp³-hybridized carbons (Fsp3) is 0.391. The van der Waals surface area contributed by atoms with E-state index in [0.29, 0.717) is 18.1 Å². The Bertz CT molecular complexity index is 1010. The maximum absolute atomic E-state index is 13.3. The summed E-state index contributed by atoms with van der Waals surface area (Å²) in [6, 6.07) is 12.1. The monoisotopic (exact) mass is 411 g/mol. The van der Waals surface area contributed by atoms with Crippen LogP contribution < -0.4 is 10.1 Å². The van der Waals surface area contributed by atoms with Gasteiger partial charge >= 0.3 is 0 Å². The van der Waals surface area contributed by atoms with Crippen LogP contribution >= 0.6 is 0 Å². The molecule has 1 amide bonds. The average molecular weight is 411 g/mol. The van der Waals surface area contributed by atoms with E-state index in [1.54, 1.807) is 6.07 Å². The van der Waals surface area contributed by atoms with Gasteiger partial charge in [0.05, 0.1) is 12.3 Å². The van der Waals surface area contributed by atoms with Crippen LogP contribution in [0.4, 0.5) is 10.1 Å². The van der Waals surface area contributed by atoms with E-state index >= 15 is 0 Å². The van der Waals surface area contributed by atoms with E-state index in [1.807, 2.05) is 24.3 Å². The van der Waals surface area contributed by atoms with Gasteiger partial charge in [-0.3, -0.25) is 4.79 Å². The summed E-state index contributed by atoms with van der Waals surface area (Å²) in [6.45, 7) is 5.09. The molecular formula is C23H26FN3O3. The van der Waals surface area contributed by atoms with E-state index in [0.717, 1.165) is 61.4 Å². The smallest absolute Gasteiger partial charge is 0.221 e. The Hall–Kier alpha value is -2.93. The summed E-state index contributed by atoms with van der Waals surface area (Å²) in [5.41, 5.74) is 2.21. The van der Waals surface area contributed by atoms with Gasteiger partial charge in [0, 0.05) is 42.6 Å². The molecule has 6 nitrogen and oxygen atoms in total. The van der Waals surface area contributed by atoms with Crippen molar-refractivity contribution >= 4 is 22.6 Å². The minimum absolute atomic E-state index is 0.0960. The van der Waals surface area contributed by atoms with Crippen molar-refractivity contribution in [2.24, 2.45) is 0 Å². The Morgan fingerprint density at radius 1 is 1.27 bits per heavy atom. The van der Waals surface area contributed by atoms with Crippen molar-refractivity contribution in [1.29, 1.82) is 0 Å². The summed E-state index contributed by atoms with van der Waals surface area (Å²) in [5.74, 6) is 0.709. The van der Waals surface area contributed by atoms with Crippen LogP contribution in [-0.4, -0.2) is 42.2 Å². The number of aromatic nitrogens is 1. The molecule has 1 aromatic heterocycles. The van der Waals surface area contributed by atoms with Gasteiger partial charge in [-0.05, 0) is 56.6 Å². The number of likely N-dealkylation sites (tertiary alicyclic amines) is 1. The number of carbonyl (C=O) groups is 1. The molecule has 1 N–H and O–H groups in total. The molecule has 2 aromatic carbocycles. The van der Waals surface area contributed by atoms with Crippen molar-refractivity contribution in [3.05, 3.63) is 54.0 Å². The van der Waals surface area contributed by atoms with Crippen LogP contribution in [0.25, 0.3) is 11.0 Å². The van der Waals surface area contributed by atoms with Gasteiger partial charge in [-0.1, -0.05) is 11.2 Å². The molecule has 3 aromatic rings. The highest BCUT2D eigenvalue weighted by Crippen LogP contribution is 2.32. The third-order valence-electron chi connectivity index (χ3n) is 5.48. The molecule has 0 bridgehead atoms. The zero-order valence-corrected chi connectivity index (χ0v) is 17.1. The molecule has 2 heterocycles. The minimum Gasteiger partial charge on any atom is -0.493 e. The fourth-order valence-electron chi connectivity index (χ4n) is 4.00. The van der Waals surface area contributed by atoms with Crippen LogP contribution in [0.15, 0.2) is 47.0 Å². The van der Waals surface area contributed by atoms with Crippen molar-refractivity contribution in [3.63, 3.8) is 0 Å². The molecule has 1 aliphatic heterocycles. The molecule has 0 spiro atoms. The lowest BCUT2D eigenvalue weighted by molar-refractivity contribution is -0.114. The number of fused-ring (bicyclic) bond motifs is 1. The van der Waals surface area contributed by atoms with Crippen molar-refractivity contribution < 1.29 is 18.4 Å². The van der Waals surface area contributed by atoms with Gasteiger partial charge in [0.15, 0.2) is 5.58 Å². The Balaban J connectivity index is 1.21. The second-order valence-corrected chi connectivity index (χ2v) is 7.74. The number of hydrogen-bond donors (Lipinski definition) is 1. The molecule has 158 valence electrons. The summed E-state index contributed by atoms with van der Waals surface area (Å²) in [5, 5.41) is 7.89. The highest BCUT2D eigenvalue weighted by Gasteiger charge is 2.24. The summed E-state index contributed by atoms with van der Waals surface area (Å²) < 4.78 is 24.5. The Morgan fingerprint density at radius 3 is 2.90 bits per heavy atom. The summed E-state index contributed by atoms with van der Waals surface area (Å²) in [7, 11) is 0. The number of carbonyl (C=O) groups excluding carboxylic acids is 1. The predicted octanol–water partition coefficient (Wildman–Crippen LogP) is 4.57. The maximum atomic E-state index is 13.3. The molecule has 0 atom stereocenters. The third-order valence-corrected chi connectivity index (χ3v) is 5.48. The van der Waals surface area contributed by atoms with Crippen LogP contribution in [0, 0.1) is 5.82 Å². The predicted molar refractivity (Wildman–Crippen MR) is 113 cm³/mol. The lowest BCUT2D eigenvalue weighted by atomic mass is 9.91. The van der Waals surface area contributed by atoms with E-state index in [-0.39, 0.29) is 11.7 Å².